The first-order valence-electron chi connectivity index (χ1n) is 4.53. The number of hydrogen-bond acceptors (Lipinski definition) is 5. The van der Waals surface area contributed by atoms with Gasteiger partial charge in [-0.1, -0.05) is 11.6 Å². The zero-order valence-corrected chi connectivity index (χ0v) is 9.60. The highest BCUT2D eigenvalue weighted by atomic mass is 35.5. The Bertz CT molecular complexity index is 396. The van der Waals surface area contributed by atoms with E-state index in [-0.39, 0.29) is 10.7 Å². The summed E-state index contributed by atoms with van der Waals surface area (Å²) >= 11 is 5.75. The summed E-state index contributed by atoms with van der Waals surface area (Å²) in [5, 5.41) is 19.2. The Labute approximate surface area is 97.6 Å². The summed E-state index contributed by atoms with van der Waals surface area (Å²) in [5.74, 6) is -0.926. The van der Waals surface area contributed by atoms with E-state index in [1.165, 1.54) is 6.20 Å². The first kappa shape index (κ1) is 12.9. The monoisotopic (exact) mass is 245 g/mol. The second-order valence-electron chi connectivity index (χ2n) is 3.31. The fourth-order valence-electron chi connectivity index (χ4n) is 1.20. The standard InChI is InChI=1S/C10H12ClNO4/c1-5-3-6(9(11)12-4-5)7(13)8(14)10(15)16-2/h3-4,7-8,13-14H,1-2H3. The van der Waals surface area contributed by atoms with Crippen molar-refractivity contribution in [2.45, 2.75) is 19.1 Å². The minimum Gasteiger partial charge on any atom is -0.467 e. The maximum absolute atomic E-state index is 11.0. The molecule has 2 atom stereocenters. The van der Waals surface area contributed by atoms with Gasteiger partial charge in [0.2, 0.25) is 0 Å². The van der Waals surface area contributed by atoms with Crippen LogP contribution in [0.1, 0.15) is 17.2 Å². The number of methoxy groups -OCH3 is 1. The summed E-state index contributed by atoms with van der Waals surface area (Å²) in [6.45, 7) is 1.75. The Morgan fingerprint density at radius 3 is 2.75 bits per heavy atom. The van der Waals surface area contributed by atoms with Gasteiger partial charge in [-0.2, -0.15) is 0 Å². The van der Waals surface area contributed by atoms with E-state index in [1.54, 1.807) is 13.0 Å². The van der Waals surface area contributed by atoms with Crippen LogP contribution in [-0.4, -0.2) is 34.4 Å². The van der Waals surface area contributed by atoms with Crippen LogP contribution in [0.25, 0.3) is 0 Å². The maximum Gasteiger partial charge on any atom is 0.337 e. The summed E-state index contributed by atoms with van der Waals surface area (Å²) in [4.78, 5) is 14.8. The third kappa shape index (κ3) is 2.69. The van der Waals surface area contributed by atoms with E-state index >= 15 is 0 Å². The molecule has 0 bridgehead atoms. The summed E-state index contributed by atoms with van der Waals surface area (Å²) in [6.07, 6.45) is -1.61. The first-order chi connectivity index (χ1) is 7.47. The van der Waals surface area contributed by atoms with Gasteiger partial charge >= 0.3 is 5.97 Å². The van der Waals surface area contributed by atoms with Gasteiger partial charge in [-0.3, -0.25) is 0 Å². The van der Waals surface area contributed by atoms with Crippen LogP contribution in [0.3, 0.4) is 0 Å². The number of esters is 1. The number of rotatable bonds is 3. The van der Waals surface area contributed by atoms with Crippen molar-refractivity contribution >= 4 is 17.6 Å². The van der Waals surface area contributed by atoms with E-state index in [2.05, 4.69) is 9.72 Å². The molecule has 2 N–H and O–H groups in total. The number of aryl methyl sites for hydroxylation is 1. The van der Waals surface area contributed by atoms with Gasteiger partial charge in [0.25, 0.3) is 0 Å². The highest BCUT2D eigenvalue weighted by Gasteiger charge is 2.28. The molecule has 0 aliphatic heterocycles. The van der Waals surface area contributed by atoms with Crippen LogP contribution in [0.5, 0.6) is 0 Å². The van der Waals surface area contributed by atoms with Crippen molar-refractivity contribution < 1.29 is 19.7 Å². The molecule has 1 aromatic heterocycles. The molecule has 0 aliphatic rings. The molecule has 0 aliphatic carbocycles. The van der Waals surface area contributed by atoms with Crippen molar-refractivity contribution in [2.24, 2.45) is 0 Å². The van der Waals surface area contributed by atoms with E-state index in [0.717, 1.165) is 12.7 Å². The molecule has 0 fully saturated rings. The Morgan fingerprint density at radius 1 is 1.56 bits per heavy atom. The number of halogens is 1. The number of ether oxygens (including phenoxy) is 1. The van der Waals surface area contributed by atoms with Crippen molar-refractivity contribution in [1.82, 2.24) is 4.98 Å². The van der Waals surface area contributed by atoms with Gasteiger partial charge in [-0.05, 0) is 18.6 Å². The number of pyridine rings is 1. The van der Waals surface area contributed by atoms with Gasteiger partial charge in [0.1, 0.15) is 11.3 Å². The van der Waals surface area contributed by atoms with Crippen molar-refractivity contribution in [3.8, 4) is 0 Å². The molecular weight excluding hydrogens is 234 g/mol. The number of aromatic nitrogens is 1. The lowest BCUT2D eigenvalue weighted by Gasteiger charge is -2.16. The molecule has 0 amide bonds. The fourth-order valence-corrected chi connectivity index (χ4v) is 1.42. The van der Waals surface area contributed by atoms with Crippen LogP contribution >= 0.6 is 11.6 Å². The SMILES string of the molecule is COC(=O)C(O)C(O)c1cc(C)cnc1Cl. The third-order valence-corrected chi connectivity index (χ3v) is 2.38. The first-order valence-corrected chi connectivity index (χ1v) is 4.91. The van der Waals surface area contributed by atoms with Crippen LogP contribution in [0.15, 0.2) is 12.3 Å². The summed E-state index contributed by atoms with van der Waals surface area (Å²) in [7, 11) is 1.12. The number of aliphatic hydroxyl groups is 2. The summed E-state index contributed by atoms with van der Waals surface area (Å²) in [6, 6.07) is 1.55. The van der Waals surface area contributed by atoms with Gasteiger partial charge in [-0.25, -0.2) is 9.78 Å². The molecule has 1 rings (SSSR count). The quantitative estimate of drug-likeness (QED) is 0.603. The lowest BCUT2D eigenvalue weighted by molar-refractivity contribution is -0.156. The largest absolute Gasteiger partial charge is 0.467 e. The van der Waals surface area contributed by atoms with Crippen LogP contribution in [-0.2, 0) is 9.53 Å². The van der Waals surface area contributed by atoms with Gasteiger partial charge in [-0.15, -0.1) is 0 Å². The third-order valence-electron chi connectivity index (χ3n) is 2.06. The zero-order chi connectivity index (χ0) is 12.3. The molecule has 88 valence electrons. The van der Waals surface area contributed by atoms with Crippen LogP contribution in [0.2, 0.25) is 5.15 Å². The molecule has 6 heteroatoms. The van der Waals surface area contributed by atoms with Crippen molar-refractivity contribution in [3.63, 3.8) is 0 Å². The Morgan fingerprint density at radius 2 is 2.19 bits per heavy atom. The van der Waals surface area contributed by atoms with E-state index in [0.29, 0.717) is 0 Å². The average Bonchev–Trinajstić information content (AvgIpc) is 2.29. The van der Waals surface area contributed by atoms with Gasteiger partial charge in [0, 0.05) is 11.8 Å². The average molecular weight is 246 g/mol. The fraction of sp³-hybridized carbons (Fsp3) is 0.400. The van der Waals surface area contributed by atoms with Gasteiger partial charge in [0.05, 0.1) is 7.11 Å². The molecule has 16 heavy (non-hydrogen) atoms. The van der Waals surface area contributed by atoms with Crippen LogP contribution < -0.4 is 0 Å². The topological polar surface area (TPSA) is 79.7 Å². The lowest BCUT2D eigenvalue weighted by atomic mass is 10.1. The maximum atomic E-state index is 11.0. The molecule has 0 spiro atoms. The van der Waals surface area contributed by atoms with Crippen LogP contribution in [0, 0.1) is 6.92 Å². The van der Waals surface area contributed by atoms with Crippen LogP contribution in [0.4, 0.5) is 0 Å². The normalized spacial score (nSPS) is 14.3. The van der Waals surface area contributed by atoms with Gasteiger partial charge in [0.15, 0.2) is 6.10 Å². The zero-order valence-electron chi connectivity index (χ0n) is 8.85. The summed E-state index contributed by atoms with van der Waals surface area (Å²) in [5.41, 5.74) is 0.954. The smallest absolute Gasteiger partial charge is 0.337 e. The predicted molar refractivity (Wildman–Crippen MR) is 57.0 cm³/mol. The van der Waals surface area contributed by atoms with E-state index in [1.807, 2.05) is 0 Å². The molecule has 1 heterocycles. The van der Waals surface area contributed by atoms with Crippen molar-refractivity contribution in [2.75, 3.05) is 7.11 Å². The second-order valence-corrected chi connectivity index (χ2v) is 3.66. The molecule has 5 nitrogen and oxygen atoms in total. The molecule has 0 saturated carbocycles. The predicted octanol–water partition coefficient (Wildman–Crippen LogP) is 0.611. The second kappa shape index (κ2) is 5.25. The Hall–Kier alpha value is -1.17. The lowest BCUT2D eigenvalue weighted by Crippen LogP contribution is -2.29. The van der Waals surface area contributed by atoms with Crippen molar-refractivity contribution in [1.29, 1.82) is 0 Å². The summed E-state index contributed by atoms with van der Waals surface area (Å²) < 4.78 is 4.31. The van der Waals surface area contributed by atoms with Gasteiger partial charge < -0.3 is 14.9 Å². The Kier molecular flexibility index (Phi) is 4.23. The molecule has 0 radical (unpaired) electrons. The highest BCUT2D eigenvalue weighted by molar-refractivity contribution is 6.30. The number of carbonyl (C=O) groups excluding carboxylic acids is 1. The molecular formula is C10H12ClNO4. The number of hydrogen-bond donors (Lipinski definition) is 2. The number of aliphatic hydroxyl groups excluding tert-OH is 2. The number of carbonyl (C=O) groups is 1. The molecule has 2 unspecified atom stereocenters. The van der Waals surface area contributed by atoms with Crippen molar-refractivity contribution in [3.05, 3.63) is 28.5 Å². The minimum atomic E-state index is -1.67. The molecule has 0 aromatic carbocycles. The van der Waals surface area contributed by atoms with E-state index in [4.69, 9.17) is 11.6 Å². The van der Waals surface area contributed by atoms with E-state index in [9.17, 15) is 15.0 Å². The molecule has 0 saturated heterocycles. The Balaban J connectivity index is 2.99. The number of nitrogens with zero attached hydrogens (tertiary/aromatic N) is 1. The molecule has 1 aromatic rings. The minimum absolute atomic E-state index is 0.0426. The van der Waals surface area contributed by atoms with E-state index < -0.39 is 18.2 Å². The highest BCUT2D eigenvalue weighted by Crippen LogP contribution is 2.24.